The van der Waals surface area contributed by atoms with Crippen LogP contribution >= 0.6 is 0 Å². The van der Waals surface area contributed by atoms with Crippen LogP contribution in [0.1, 0.15) is 27.2 Å². The molecule has 0 spiro atoms. The Bertz CT molecular complexity index is 346. The van der Waals surface area contributed by atoms with Crippen LogP contribution in [-0.2, 0) is 0 Å². The molecule has 0 saturated heterocycles. The molecule has 2 heteroatoms. The van der Waals surface area contributed by atoms with Crippen LogP contribution in [0.5, 0.6) is 0 Å². The first-order chi connectivity index (χ1) is 7.42. The number of nitrogens with two attached hydrogens (primary N) is 1. The third kappa shape index (κ3) is 4.78. The fraction of sp³-hybridized carbons (Fsp3) is 0.357. The zero-order valence-corrected chi connectivity index (χ0v) is 10.5. The predicted molar refractivity (Wildman–Crippen MR) is 72.5 cm³/mol. The first kappa shape index (κ1) is 14.4. The summed E-state index contributed by atoms with van der Waals surface area (Å²) in [6.07, 6.45) is 6.45. The Hall–Kier alpha value is -1.57. The van der Waals surface area contributed by atoms with E-state index in [0.717, 1.165) is 17.6 Å². The van der Waals surface area contributed by atoms with Gasteiger partial charge in [-0.05, 0) is 43.4 Å². The molecule has 0 saturated carbocycles. The van der Waals surface area contributed by atoms with Crippen molar-refractivity contribution in [2.75, 3.05) is 0 Å². The molecule has 0 amide bonds. The maximum Gasteiger partial charge on any atom is 0.0285 e. The van der Waals surface area contributed by atoms with Gasteiger partial charge in [0.1, 0.15) is 0 Å². The molecule has 88 valence electrons. The second-order valence-electron chi connectivity index (χ2n) is 3.98. The van der Waals surface area contributed by atoms with Crippen molar-refractivity contribution >= 4 is 5.71 Å². The highest BCUT2D eigenvalue weighted by Crippen LogP contribution is 2.22. The van der Waals surface area contributed by atoms with Crippen LogP contribution in [0.15, 0.2) is 48.2 Å². The third-order valence-corrected chi connectivity index (χ3v) is 2.45. The zero-order valence-electron chi connectivity index (χ0n) is 10.5. The molecular weight excluding hydrogens is 196 g/mol. The summed E-state index contributed by atoms with van der Waals surface area (Å²) in [5.41, 5.74) is 9.03. The number of hydrogen-bond donors (Lipinski definition) is 2. The fourth-order valence-corrected chi connectivity index (χ4v) is 1.42. The van der Waals surface area contributed by atoms with Crippen molar-refractivity contribution in [2.24, 2.45) is 11.7 Å². The molecule has 0 aromatic carbocycles. The van der Waals surface area contributed by atoms with Crippen molar-refractivity contribution in [2.45, 2.75) is 27.2 Å². The fourth-order valence-electron chi connectivity index (χ4n) is 1.42. The van der Waals surface area contributed by atoms with Crippen molar-refractivity contribution in [1.29, 1.82) is 5.41 Å². The molecule has 2 nitrogen and oxygen atoms in total. The zero-order chi connectivity index (χ0) is 12.7. The van der Waals surface area contributed by atoms with E-state index in [0.29, 0.717) is 11.4 Å². The van der Waals surface area contributed by atoms with Gasteiger partial charge in [0.05, 0.1) is 0 Å². The average Bonchev–Trinajstić information content (AvgIpc) is 2.18. The van der Waals surface area contributed by atoms with Gasteiger partial charge in [-0.3, -0.25) is 0 Å². The maximum absolute atomic E-state index is 7.53. The first-order valence-electron chi connectivity index (χ1n) is 5.41. The van der Waals surface area contributed by atoms with E-state index in [1.165, 1.54) is 0 Å². The van der Waals surface area contributed by atoms with E-state index in [1.54, 1.807) is 13.0 Å². The Balaban J connectivity index is 5.04. The lowest BCUT2D eigenvalue weighted by Gasteiger charge is -2.15. The molecule has 16 heavy (non-hydrogen) atoms. The van der Waals surface area contributed by atoms with Crippen LogP contribution in [0.2, 0.25) is 0 Å². The summed E-state index contributed by atoms with van der Waals surface area (Å²) >= 11 is 0. The molecule has 0 aliphatic carbocycles. The summed E-state index contributed by atoms with van der Waals surface area (Å²) in [5.74, 6) is 0.209. The van der Waals surface area contributed by atoms with Crippen LogP contribution in [0, 0.1) is 11.3 Å². The standard InChI is InChI=1S/C14H22N2/c1-6-13(7-2)14(9-11(4)15)8-10(3)12(5)16/h6-7,9-10,15H,1,5,8,16H2,2-4H3/b13-7+,14-9+,15-11?. The van der Waals surface area contributed by atoms with Gasteiger partial charge in [-0.1, -0.05) is 32.2 Å². The van der Waals surface area contributed by atoms with Gasteiger partial charge in [-0.2, -0.15) is 0 Å². The number of rotatable bonds is 6. The van der Waals surface area contributed by atoms with Gasteiger partial charge in [0, 0.05) is 11.4 Å². The number of hydrogen-bond acceptors (Lipinski definition) is 2. The average molecular weight is 218 g/mol. The Labute approximate surface area is 98.8 Å². The van der Waals surface area contributed by atoms with E-state index in [1.807, 2.05) is 26.0 Å². The minimum Gasteiger partial charge on any atom is -0.402 e. The van der Waals surface area contributed by atoms with E-state index in [-0.39, 0.29) is 5.92 Å². The topological polar surface area (TPSA) is 49.9 Å². The van der Waals surface area contributed by atoms with Crippen molar-refractivity contribution in [3.8, 4) is 0 Å². The molecule has 3 N–H and O–H groups in total. The SMILES string of the molecule is C=CC(=C\C)/C(=C/C(C)=N)CC(C)C(=C)N. The van der Waals surface area contributed by atoms with Crippen molar-refractivity contribution in [1.82, 2.24) is 0 Å². The van der Waals surface area contributed by atoms with Crippen LogP contribution in [0.25, 0.3) is 0 Å². The Morgan fingerprint density at radius 3 is 2.38 bits per heavy atom. The van der Waals surface area contributed by atoms with Crippen LogP contribution < -0.4 is 5.73 Å². The summed E-state index contributed by atoms with van der Waals surface area (Å²) in [6.45, 7) is 13.3. The Morgan fingerprint density at radius 1 is 1.50 bits per heavy atom. The van der Waals surface area contributed by atoms with Crippen molar-refractivity contribution < 1.29 is 0 Å². The van der Waals surface area contributed by atoms with Gasteiger partial charge in [0.2, 0.25) is 0 Å². The lowest BCUT2D eigenvalue weighted by molar-refractivity contribution is 0.672. The minimum absolute atomic E-state index is 0.209. The smallest absolute Gasteiger partial charge is 0.0285 e. The largest absolute Gasteiger partial charge is 0.402 e. The molecule has 0 aromatic heterocycles. The summed E-state index contributed by atoms with van der Waals surface area (Å²) < 4.78 is 0. The van der Waals surface area contributed by atoms with Crippen LogP contribution in [0.4, 0.5) is 0 Å². The lowest BCUT2D eigenvalue weighted by Crippen LogP contribution is -2.09. The molecule has 1 unspecified atom stereocenters. The number of allylic oxidation sites excluding steroid dienone is 6. The molecule has 0 fully saturated rings. The molecule has 1 atom stereocenters. The molecule has 0 bridgehead atoms. The van der Waals surface area contributed by atoms with Crippen molar-refractivity contribution in [3.05, 3.63) is 48.2 Å². The van der Waals surface area contributed by atoms with E-state index < -0.39 is 0 Å². The van der Waals surface area contributed by atoms with Crippen LogP contribution in [-0.4, -0.2) is 5.71 Å². The summed E-state index contributed by atoms with van der Waals surface area (Å²) in [4.78, 5) is 0. The highest BCUT2D eigenvalue weighted by atomic mass is 14.6. The Morgan fingerprint density at radius 2 is 2.06 bits per heavy atom. The summed E-state index contributed by atoms with van der Waals surface area (Å²) in [5, 5.41) is 7.53. The monoisotopic (exact) mass is 218 g/mol. The molecule has 0 aliphatic heterocycles. The predicted octanol–water partition coefficient (Wildman–Crippen LogP) is 3.58. The minimum atomic E-state index is 0.209. The second kappa shape index (κ2) is 6.83. The van der Waals surface area contributed by atoms with Gasteiger partial charge in [-0.15, -0.1) is 0 Å². The van der Waals surface area contributed by atoms with Gasteiger partial charge in [-0.25, -0.2) is 0 Å². The van der Waals surface area contributed by atoms with Crippen LogP contribution in [0.3, 0.4) is 0 Å². The molecule has 0 rings (SSSR count). The Kier molecular flexibility index (Phi) is 6.16. The summed E-state index contributed by atoms with van der Waals surface area (Å²) in [6, 6.07) is 0. The molecule has 0 aliphatic rings. The van der Waals surface area contributed by atoms with E-state index in [9.17, 15) is 0 Å². The van der Waals surface area contributed by atoms with Gasteiger partial charge < -0.3 is 11.1 Å². The van der Waals surface area contributed by atoms with Gasteiger partial charge in [0.25, 0.3) is 0 Å². The first-order valence-corrected chi connectivity index (χ1v) is 5.41. The maximum atomic E-state index is 7.53. The third-order valence-electron chi connectivity index (χ3n) is 2.45. The quantitative estimate of drug-likeness (QED) is 0.519. The summed E-state index contributed by atoms with van der Waals surface area (Å²) in [7, 11) is 0. The lowest BCUT2D eigenvalue weighted by atomic mass is 9.92. The number of nitrogens with one attached hydrogen (secondary N) is 1. The van der Waals surface area contributed by atoms with E-state index >= 15 is 0 Å². The van der Waals surface area contributed by atoms with Crippen molar-refractivity contribution in [3.63, 3.8) is 0 Å². The normalized spacial score (nSPS) is 14.4. The molecule has 0 heterocycles. The van der Waals surface area contributed by atoms with E-state index in [2.05, 4.69) is 13.2 Å². The highest BCUT2D eigenvalue weighted by Gasteiger charge is 2.09. The second-order valence-corrected chi connectivity index (χ2v) is 3.98. The molecule has 0 radical (unpaired) electrons. The van der Waals surface area contributed by atoms with E-state index in [4.69, 9.17) is 11.1 Å². The van der Waals surface area contributed by atoms with Gasteiger partial charge in [0.15, 0.2) is 0 Å². The molecular formula is C14H22N2. The van der Waals surface area contributed by atoms with Gasteiger partial charge >= 0.3 is 0 Å². The molecule has 0 aromatic rings. The highest BCUT2D eigenvalue weighted by molar-refractivity contribution is 5.91.